The highest BCUT2D eigenvalue weighted by atomic mass is 79.9. The van der Waals surface area contributed by atoms with Gasteiger partial charge >= 0.3 is 0 Å². The molecule has 1 saturated heterocycles. The van der Waals surface area contributed by atoms with E-state index in [-0.39, 0.29) is 0 Å². The molecule has 2 heteroatoms. The fraction of sp³-hybridized carbons (Fsp3) is 0.600. The number of unbranched alkanes of at least 4 members (excludes halogenated alkanes) is 1. The van der Waals surface area contributed by atoms with E-state index in [9.17, 15) is 0 Å². The van der Waals surface area contributed by atoms with Gasteiger partial charge in [-0.3, -0.25) is 0 Å². The third kappa shape index (κ3) is 3.82. The summed E-state index contributed by atoms with van der Waals surface area (Å²) in [6.45, 7) is 6.12. The lowest BCUT2D eigenvalue weighted by atomic mass is 9.89. The molecule has 17 heavy (non-hydrogen) atoms. The van der Waals surface area contributed by atoms with Crippen LogP contribution in [0.3, 0.4) is 0 Å². The fourth-order valence-corrected chi connectivity index (χ4v) is 2.87. The number of benzene rings is 1. The van der Waals surface area contributed by atoms with Crippen molar-refractivity contribution < 1.29 is 0 Å². The lowest BCUT2D eigenvalue weighted by molar-refractivity contribution is 0.209. The standard InChI is InChI=1S/C15H22BrN/c1-2-3-10-17-11-8-14(9-12-17)13-4-6-15(16)7-5-13/h4-7,14H,2-3,8-12H2,1H3. The third-order valence-corrected chi connectivity index (χ3v) is 4.29. The smallest absolute Gasteiger partial charge is 0.0175 e. The molecule has 0 radical (unpaired) electrons. The van der Waals surface area contributed by atoms with Gasteiger partial charge in [-0.15, -0.1) is 0 Å². The summed E-state index contributed by atoms with van der Waals surface area (Å²) in [7, 11) is 0. The number of hydrogen-bond donors (Lipinski definition) is 0. The molecule has 0 atom stereocenters. The fourth-order valence-electron chi connectivity index (χ4n) is 2.61. The van der Waals surface area contributed by atoms with Crippen molar-refractivity contribution in [2.45, 2.75) is 38.5 Å². The van der Waals surface area contributed by atoms with E-state index in [2.05, 4.69) is 52.0 Å². The van der Waals surface area contributed by atoms with Gasteiger partial charge < -0.3 is 4.90 Å². The second-order valence-electron chi connectivity index (χ2n) is 5.02. The number of halogens is 1. The first-order chi connectivity index (χ1) is 8.29. The lowest BCUT2D eigenvalue weighted by Crippen LogP contribution is -2.33. The molecule has 0 saturated carbocycles. The van der Waals surface area contributed by atoms with Gasteiger partial charge in [0, 0.05) is 4.47 Å². The molecule has 0 amide bonds. The van der Waals surface area contributed by atoms with Crippen molar-refractivity contribution >= 4 is 15.9 Å². The number of rotatable bonds is 4. The summed E-state index contributed by atoms with van der Waals surface area (Å²) >= 11 is 3.50. The van der Waals surface area contributed by atoms with E-state index in [1.165, 1.54) is 55.4 Å². The van der Waals surface area contributed by atoms with Gasteiger partial charge in [-0.25, -0.2) is 0 Å². The van der Waals surface area contributed by atoms with Crippen LogP contribution in [0.25, 0.3) is 0 Å². The molecule has 0 bridgehead atoms. The molecule has 2 rings (SSSR count). The highest BCUT2D eigenvalue weighted by Crippen LogP contribution is 2.28. The predicted molar refractivity (Wildman–Crippen MR) is 77.5 cm³/mol. The predicted octanol–water partition coefficient (Wildman–Crippen LogP) is 4.43. The Morgan fingerprint density at radius 2 is 1.82 bits per heavy atom. The van der Waals surface area contributed by atoms with Crippen LogP contribution in [0.1, 0.15) is 44.1 Å². The van der Waals surface area contributed by atoms with Crippen molar-refractivity contribution in [3.63, 3.8) is 0 Å². The molecule has 1 fully saturated rings. The molecule has 0 aliphatic carbocycles. The third-order valence-electron chi connectivity index (χ3n) is 3.76. The average molecular weight is 296 g/mol. The van der Waals surface area contributed by atoms with Gasteiger partial charge in [0.1, 0.15) is 0 Å². The molecule has 1 aliphatic heterocycles. The minimum absolute atomic E-state index is 0.779. The summed E-state index contributed by atoms with van der Waals surface area (Å²) in [5.74, 6) is 0.779. The highest BCUT2D eigenvalue weighted by molar-refractivity contribution is 9.10. The monoisotopic (exact) mass is 295 g/mol. The van der Waals surface area contributed by atoms with E-state index in [4.69, 9.17) is 0 Å². The quantitative estimate of drug-likeness (QED) is 0.794. The van der Waals surface area contributed by atoms with E-state index >= 15 is 0 Å². The normalized spacial score (nSPS) is 18.5. The van der Waals surface area contributed by atoms with Crippen molar-refractivity contribution in [2.24, 2.45) is 0 Å². The largest absolute Gasteiger partial charge is 0.303 e. The Kier molecular flexibility index (Phi) is 5.05. The van der Waals surface area contributed by atoms with Gasteiger partial charge in [0.25, 0.3) is 0 Å². The maximum Gasteiger partial charge on any atom is 0.0175 e. The Morgan fingerprint density at radius 3 is 2.41 bits per heavy atom. The summed E-state index contributed by atoms with van der Waals surface area (Å²) in [4.78, 5) is 2.62. The van der Waals surface area contributed by atoms with Gasteiger partial charge in [0.15, 0.2) is 0 Å². The first-order valence-corrected chi connectivity index (χ1v) is 7.56. The number of hydrogen-bond acceptors (Lipinski definition) is 1. The van der Waals surface area contributed by atoms with Crippen LogP contribution in [0.2, 0.25) is 0 Å². The lowest BCUT2D eigenvalue weighted by Gasteiger charge is -2.32. The zero-order valence-electron chi connectivity index (χ0n) is 10.7. The molecular weight excluding hydrogens is 274 g/mol. The molecule has 1 heterocycles. The molecule has 94 valence electrons. The molecule has 0 aromatic heterocycles. The van der Waals surface area contributed by atoms with Crippen LogP contribution in [0.15, 0.2) is 28.7 Å². The zero-order chi connectivity index (χ0) is 12.1. The van der Waals surface area contributed by atoms with Crippen LogP contribution >= 0.6 is 15.9 Å². The maximum atomic E-state index is 3.50. The minimum Gasteiger partial charge on any atom is -0.303 e. The van der Waals surface area contributed by atoms with Crippen molar-refractivity contribution in [2.75, 3.05) is 19.6 Å². The number of nitrogens with zero attached hydrogens (tertiary/aromatic N) is 1. The van der Waals surface area contributed by atoms with Crippen LogP contribution < -0.4 is 0 Å². The highest BCUT2D eigenvalue weighted by Gasteiger charge is 2.19. The van der Waals surface area contributed by atoms with Gasteiger partial charge in [0.2, 0.25) is 0 Å². The van der Waals surface area contributed by atoms with Crippen LogP contribution in [0, 0.1) is 0 Å². The van der Waals surface area contributed by atoms with E-state index in [1.54, 1.807) is 0 Å². The molecule has 1 aromatic rings. The summed E-state index contributed by atoms with van der Waals surface area (Å²) in [5, 5.41) is 0. The first-order valence-electron chi connectivity index (χ1n) is 6.77. The Balaban J connectivity index is 1.84. The molecule has 1 nitrogen and oxygen atoms in total. The summed E-state index contributed by atoms with van der Waals surface area (Å²) in [6.07, 6.45) is 5.31. The number of likely N-dealkylation sites (tertiary alicyclic amines) is 1. The molecule has 0 unspecified atom stereocenters. The van der Waals surface area contributed by atoms with Crippen molar-refractivity contribution in [3.8, 4) is 0 Å². The molecular formula is C15H22BrN. The molecule has 0 N–H and O–H groups in total. The molecule has 1 aromatic carbocycles. The zero-order valence-corrected chi connectivity index (χ0v) is 12.2. The topological polar surface area (TPSA) is 3.24 Å². The SMILES string of the molecule is CCCCN1CCC(c2ccc(Br)cc2)CC1. The maximum absolute atomic E-state index is 3.50. The Bertz CT molecular complexity index is 325. The van der Waals surface area contributed by atoms with Crippen LogP contribution in [0.5, 0.6) is 0 Å². The first kappa shape index (κ1) is 13.1. The van der Waals surface area contributed by atoms with E-state index in [0.29, 0.717) is 0 Å². The van der Waals surface area contributed by atoms with Gasteiger partial charge in [0.05, 0.1) is 0 Å². The molecule has 0 spiro atoms. The second kappa shape index (κ2) is 6.55. The second-order valence-corrected chi connectivity index (χ2v) is 5.94. The average Bonchev–Trinajstić information content (AvgIpc) is 2.38. The summed E-state index contributed by atoms with van der Waals surface area (Å²) < 4.78 is 1.18. The van der Waals surface area contributed by atoms with Gasteiger partial charge in [-0.05, 0) is 62.5 Å². The van der Waals surface area contributed by atoms with Crippen molar-refractivity contribution in [1.29, 1.82) is 0 Å². The Hall–Kier alpha value is -0.340. The van der Waals surface area contributed by atoms with Crippen LogP contribution in [-0.4, -0.2) is 24.5 Å². The Morgan fingerprint density at radius 1 is 1.18 bits per heavy atom. The van der Waals surface area contributed by atoms with E-state index < -0.39 is 0 Å². The van der Waals surface area contributed by atoms with Crippen LogP contribution in [0.4, 0.5) is 0 Å². The van der Waals surface area contributed by atoms with E-state index in [1.807, 2.05) is 0 Å². The van der Waals surface area contributed by atoms with Gasteiger partial charge in [-0.1, -0.05) is 41.4 Å². The Labute approximate surface area is 113 Å². The van der Waals surface area contributed by atoms with Gasteiger partial charge in [-0.2, -0.15) is 0 Å². The van der Waals surface area contributed by atoms with Crippen molar-refractivity contribution in [1.82, 2.24) is 4.90 Å². The minimum atomic E-state index is 0.779. The van der Waals surface area contributed by atoms with E-state index in [0.717, 1.165) is 5.92 Å². The van der Waals surface area contributed by atoms with Crippen LogP contribution in [-0.2, 0) is 0 Å². The molecule has 1 aliphatic rings. The van der Waals surface area contributed by atoms with Crippen molar-refractivity contribution in [3.05, 3.63) is 34.3 Å². The number of piperidine rings is 1. The summed E-state index contributed by atoms with van der Waals surface area (Å²) in [5.41, 5.74) is 1.52. The summed E-state index contributed by atoms with van der Waals surface area (Å²) in [6, 6.07) is 8.88.